The molecule has 0 fully saturated rings. The minimum absolute atomic E-state index is 0. The second-order valence-electron chi connectivity index (χ2n) is 20.7. The van der Waals surface area contributed by atoms with Gasteiger partial charge in [-0.25, -0.2) is 19.9 Å². The van der Waals surface area contributed by atoms with Gasteiger partial charge in [0, 0.05) is 68.6 Å². The molecule has 9 nitrogen and oxygen atoms in total. The van der Waals surface area contributed by atoms with E-state index in [0.717, 1.165) is 46.0 Å². The van der Waals surface area contributed by atoms with Gasteiger partial charge < -0.3 is 14.5 Å². The first kappa shape index (κ1) is 53.6. The SMILES string of the molecule is CCOC1N(c2cc(C)cc(C)c2)c2nccnc2N1c1cccc(-c2c(C(C)C)cccc2C(C)C)c1.Cc1cc(C)cc(N2[CH-]N(c3[c-]ccc(-c4c(C(C)C)cccc4C(C)C)c3)c3nccnc32)c1.[Ir]. The molecule has 0 N–H and O–H groups in total. The molecule has 0 amide bonds. The van der Waals surface area contributed by atoms with Crippen LogP contribution in [0, 0.1) is 40.4 Å². The van der Waals surface area contributed by atoms with E-state index >= 15 is 0 Å². The molecular weight excluding hydrogens is 1090 g/mol. The van der Waals surface area contributed by atoms with E-state index in [-0.39, 0.29) is 20.1 Å². The van der Waals surface area contributed by atoms with Gasteiger partial charge in [-0.15, -0.1) is 24.0 Å². The summed E-state index contributed by atoms with van der Waals surface area (Å²) in [7, 11) is 0. The number of rotatable bonds is 12. The summed E-state index contributed by atoms with van der Waals surface area (Å²) >= 11 is 0. The van der Waals surface area contributed by atoms with Crippen LogP contribution in [0.5, 0.6) is 0 Å². The van der Waals surface area contributed by atoms with Crippen molar-refractivity contribution in [3.05, 3.63) is 197 Å². The molecule has 4 heterocycles. The molecule has 2 aliphatic rings. The first-order chi connectivity index (χ1) is 35.1. The van der Waals surface area contributed by atoms with Gasteiger partial charge in [-0.2, -0.15) is 18.2 Å². The molecule has 8 aromatic rings. The number of hydrogen-bond donors (Lipinski definition) is 0. The molecule has 383 valence electrons. The molecule has 2 aliphatic heterocycles. The van der Waals surface area contributed by atoms with Crippen molar-refractivity contribution in [1.29, 1.82) is 0 Å². The van der Waals surface area contributed by atoms with Gasteiger partial charge in [0.2, 0.25) is 6.35 Å². The van der Waals surface area contributed by atoms with Crippen molar-refractivity contribution in [2.24, 2.45) is 0 Å². The molecule has 74 heavy (non-hydrogen) atoms. The Kier molecular flexibility index (Phi) is 16.5. The standard InChI is InChI=1S/C33H38N4O.C31H32N4.Ir/c1-8-38-33-36(31-32(35-16-15-34-31)37(33)27-18-23(6)17-24(7)19-27)26-12-9-11-25(20-26)30-28(21(2)3)13-10-14-29(30)22(4)5;1-20(2)27-11-8-12-28(21(3)4)29(27)24-9-7-10-25(18-24)34-19-35(31-30(34)32-13-14-33-31)26-16-22(5)15-23(6)17-26;/h9-22,33H,8H2,1-7H3;7-9,11-21H,1-6H3;/q;-2;. The van der Waals surface area contributed by atoms with Crippen LogP contribution in [-0.2, 0) is 24.8 Å². The minimum Gasteiger partial charge on any atom is -0.477 e. The van der Waals surface area contributed by atoms with E-state index in [4.69, 9.17) is 19.7 Å². The maximum absolute atomic E-state index is 6.44. The van der Waals surface area contributed by atoms with E-state index in [9.17, 15) is 0 Å². The Morgan fingerprint density at radius 2 is 0.905 bits per heavy atom. The maximum atomic E-state index is 6.44. The fraction of sp³-hybridized carbons (Fsp3) is 0.297. The molecule has 10 rings (SSSR count). The molecule has 0 saturated heterocycles. The van der Waals surface area contributed by atoms with Crippen LogP contribution in [0.15, 0.2) is 140 Å². The van der Waals surface area contributed by atoms with Gasteiger partial charge in [-0.05, 0) is 156 Å². The minimum atomic E-state index is -0.404. The number of hydrogen-bond acceptors (Lipinski definition) is 9. The van der Waals surface area contributed by atoms with E-state index in [1.165, 1.54) is 66.8 Å². The number of fused-ring (bicyclic) bond motifs is 2. The summed E-state index contributed by atoms with van der Waals surface area (Å²) in [5, 5.41) is 0. The van der Waals surface area contributed by atoms with Crippen LogP contribution in [0.2, 0.25) is 0 Å². The number of aryl methyl sites for hydroxylation is 4. The maximum Gasteiger partial charge on any atom is 0.221 e. The molecule has 0 bridgehead atoms. The second kappa shape index (κ2) is 22.8. The van der Waals surface area contributed by atoms with Crippen molar-refractivity contribution in [1.82, 2.24) is 19.9 Å². The Morgan fingerprint density at radius 1 is 0.486 bits per heavy atom. The van der Waals surface area contributed by atoms with Crippen LogP contribution in [0.25, 0.3) is 22.3 Å². The van der Waals surface area contributed by atoms with Crippen LogP contribution >= 0.6 is 0 Å². The molecule has 0 aliphatic carbocycles. The summed E-state index contributed by atoms with van der Waals surface area (Å²) in [6.07, 6.45) is 6.61. The second-order valence-corrected chi connectivity index (χ2v) is 20.7. The summed E-state index contributed by atoms with van der Waals surface area (Å²) in [6.45, 7) is 31.3. The predicted molar refractivity (Wildman–Crippen MR) is 303 cm³/mol. The normalized spacial score (nSPS) is 13.9. The summed E-state index contributed by atoms with van der Waals surface area (Å²) in [5.41, 5.74) is 19.5. The molecule has 10 heteroatoms. The van der Waals surface area contributed by atoms with Crippen LogP contribution in [0.3, 0.4) is 0 Å². The van der Waals surface area contributed by atoms with E-state index in [1.54, 1.807) is 24.8 Å². The first-order valence-corrected chi connectivity index (χ1v) is 25.9. The van der Waals surface area contributed by atoms with Crippen molar-refractivity contribution in [3.63, 3.8) is 0 Å². The van der Waals surface area contributed by atoms with Gasteiger partial charge in [-0.3, -0.25) is 9.80 Å². The van der Waals surface area contributed by atoms with Gasteiger partial charge >= 0.3 is 0 Å². The van der Waals surface area contributed by atoms with Gasteiger partial charge in [0.15, 0.2) is 11.6 Å². The van der Waals surface area contributed by atoms with E-state index < -0.39 is 6.35 Å². The average molecular weight is 1160 g/mol. The van der Waals surface area contributed by atoms with E-state index in [0.29, 0.717) is 30.3 Å². The van der Waals surface area contributed by atoms with Gasteiger partial charge in [0.25, 0.3) is 0 Å². The Bertz CT molecular complexity index is 3160. The average Bonchev–Trinajstić information content (AvgIpc) is 3.92. The van der Waals surface area contributed by atoms with Crippen LogP contribution in [0.4, 0.5) is 46.0 Å². The van der Waals surface area contributed by atoms with Crippen molar-refractivity contribution < 1.29 is 24.8 Å². The molecule has 6 aromatic carbocycles. The Morgan fingerprint density at radius 3 is 1.38 bits per heavy atom. The Balaban J connectivity index is 0.000000195. The number of ether oxygens (including phenoxy) is 1. The number of benzene rings is 6. The van der Waals surface area contributed by atoms with Crippen LogP contribution in [-0.4, -0.2) is 32.9 Å². The van der Waals surface area contributed by atoms with Crippen molar-refractivity contribution in [3.8, 4) is 22.3 Å². The molecular formula is C64H70IrN8O-2. The summed E-state index contributed by atoms with van der Waals surface area (Å²) in [4.78, 5) is 27.5. The first-order valence-electron chi connectivity index (χ1n) is 25.9. The number of aromatic nitrogens is 4. The fourth-order valence-corrected chi connectivity index (χ4v) is 10.5. The molecule has 1 unspecified atom stereocenters. The smallest absolute Gasteiger partial charge is 0.221 e. The molecule has 2 aromatic heterocycles. The topological polar surface area (TPSA) is 73.8 Å². The summed E-state index contributed by atoms with van der Waals surface area (Å²) in [5.74, 6) is 4.92. The van der Waals surface area contributed by atoms with Gasteiger partial charge in [0.05, 0.1) is 0 Å². The third-order valence-corrected chi connectivity index (χ3v) is 13.7. The quantitative estimate of drug-likeness (QED) is 0.111. The largest absolute Gasteiger partial charge is 0.477 e. The molecule has 1 radical (unpaired) electrons. The summed E-state index contributed by atoms with van der Waals surface area (Å²) < 4.78 is 6.44. The third kappa shape index (κ3) is 10.8. The predicted octanol–water partition coefficient (Wildman–Crippen LogP) is 16.8. The van der Waals surface area contributed by atoms with Gasteiger partial charge in [0.1, 0.15) is 11.6 Å². The molecule has 0 saturated carbocycles. The Hall–Kier alpha value is -6.71. The fourth-order valence-electron chi connectivity index (χ4n) is 10.5. The Labute approximate surface area is 454 Å². The third-order valence-electron chi connectivity index (χ3n) is 13.7. The number of anilines is 8. The van der Waals surface area contributed by atoms with Crippen LogP contribution < -0.4 is 19.6 Å². The van der Waals surface area contributed by atoms with Crippen molar-refractivity contribution >= 4 is 46.0 Å². The van der Waals surface area contributed by atoms with Crippen molar-refractivity contribution in [2.45, 2.75) is 120 Å². The molecule has 1 atom stereocenters. The zero-order valence-electron chi connectivity index (χ0n) is 45.3. The number of nitrogens with zero attached hydrogens (tertiary/aromatic N) is 8. The van der Waals surface area contributed by atoms with Crippen molar-refractivity contribution in [2.75, 3.05) is 26.2 Å². The van der Waals surface area contributed by atoms with Crippen LogP contribution in [0.1, 0.15) is 130 Å². The zero-order chi connectivity index (χ0) is 51.7. The molecule has 0 spiro atoms. The van der Waals surface area contributed by atoms with E-state index in [2.05, 4.69) is 230 Å². The summed E-state index contributed by atoms with van der Waals surface area (Å²) in [6, 6.07) is 45.2. The van der Waals surface area contributed by atoms with Gasteiger partial charge in [-0.1, -0.05) is 116 Å². The van der Waals surface area contributed by atoms with E-state index in [1.807, 2.05) is 13.0 Å². The monoisotopic (exact) mass is 1160 g/mol. The zero-order valence-corrected chi connectivity index (χ0v) is 47.7.